The molecule has 0 spiro atoms. The van der Waals surface area contributed by atoms with Gasteiger partial charge in [-0.3, -0.25) is 28.4 Å². The average Bonchev–Trinajstić information content (AvgIpc) is 1.59. The normalized spacial score (nSPS) is 18.3. The van der Waals surface area contributed by atoms with Gasteiger partial charge in [-0.25, -0.2) is 13.2 Å². The Hall–Kier alpha value is -9.60. The van der Waals surface area contributed by atoms with Gasteiger partial charge in [0.25, 0.3) is 34.5 Å². The molecule has 474 valence electrons. The minimum atomic E-state index is -5.21. The molecule has 3 amide bonds. The lowest BCUT2D eigenvalue weighted by Crippen LogP contribution is -2.50. The Balaban J connectivity index is 0.000000189. The quantitative estimate of drug-likeness (QED) is 0.119. The second-order valence-electron chi connectivity index (χ2n) is 20.5. The van der Waals surface area contributed by atoms with Crippen molar-refractivity contribution in [3.63, 3.8) is 0 Å². The molecule has 0 fully saturated rings. The van der Waals surface area contributed by atoms with E-state index in [0.29, 0.717) is 33.4 Å². The Morgan fingerprint density at radius 2 is 0.611 bits per heavy atom. The summed E-state index contributed by atoms with van der Waals surface area (Å²) in [5.74, 6) is -6.71. The van der Waals surface area contributed by atoms with E-state index >= 15 is 0 Å². The second kappa shape index (κ2) is 24.8. The molecule has 3 unspecified atom stereocenters. The van der Waals surface area contributed by atoms with Gasteiger partial charge in [0.05, 0.1) is 55.3 Å². The number of hydrogen-bond donors (Lipinski definition) is 3. The minimum absolute atomic E-state index is 0. The number of nitrogens with zero attached hydrogens (tertiary/aromatic N) is 9. The molecule has 3 atom stereocenters. The maximum absolute atomic E-state index is 14.7. The van der Waals surface area contributed by atoms with Crippen molar-refractivity contribution in [2.24, 2.45) is 21.1 Å². The molecule has 27 heteroatoms. The van der Waals surface area contributed by atoms with Gasteiger partial charge in [0.15, 0.2) is 0 Å². The van der Waals surface area contributed by atoms with Crippen molar-refractivity contribution in [2.45, 2.75) is 77.2 Å². The molecule has 90 heavy (non-hydrogen) atoms. The molecule has 9 aromatic rings. The highest BCUT2D eigenvalue weighted by molar-refractivity contribution is 6.09. The molecule has 0 bridgehead atoms. The third-order valence-corrected chi connectivity index (χ3v) is 14.9. The zero-order chi connectivity index (χ0) is 62.9. The number of alkyl halides is 9. The van der Waals surface area contributed by atoms with Crippen LogP contribution >= 0.6 is 0 Å². The predicted molar refractivity (Wildman–Crippen MR) is 309 cm³/mol. The molecule has 6 aromatic carbocycles. The summed E-state index contributed by atoms with van der Waals surface area (Å²) in [5.41, 5.74) is -9.27. The number of rotatable bonds is 9. The van der Waals surface area contributed by atoms with Gasteiger partial charge in [0.2, 0.25) is 0 Å². The van der Waals surface area contributed by atoms with Crippen LogP contribution in [0.4, 0.5) is 69.7 Å². The molecule has 3 aromatic heterocycles. The topological polar surface area (TPSA) is 175 Å². The first-order valence-corrected chi connectivity index (χ1v) is 25.8. The molecular formula is C63H57F12N9O6. The fourth-order valence-electron chi connectivity index (χ4n) is 10.4. The Morgan fingerprint density at radius 1 is 0.378 bits per heavy atom. The van der Waals surface area contributed by atoms with Gasteiger partial charge in [-0.1, -0.05) is 113 Å². The molecule has 0 saturated carbocycles. The number of carbonyl (C=O) groups is 3. The monoisotopic (exact) mass is 1260 g/mol. The number of halogens is 12. The van der Waals surface area contributed by atoms with Crippen LogP contribution in [0.25, 0.3) is 33.4 Å². The smallest absolute Gasteiger partial charge is 0.368 e. The number of fused-ring (bicyclic) bond motifs is 3. The molecule has 3 aliphatic rings. The van der Waals surface area contributed by atoms with Crippen LogP contribution in [0.5, 0.6) is 0 Å². The maximum Gasteiger partial charge on any atom is 0.430 e. The molecule has 15 nitrogen and oxygen atoms in total. The van der Waals surface area contributed by atoms with Crippen molar-refractivity contribution in [3.05, 3.63) is 215 Å². The summed E-state index contributed by atoms with van der Waals surface area (Å²) < 4.78 is 170. The second-order valence-corrected chi connectivity index (χ2v) is 20.5. The highest BCUT2D eigenvalue weighted by Crippen LogP contribution is 2.53. The predicted octanol–water partition coefficient (Wildman–Crippen LogP) is 12.5. The lowest BCUT2D eigenvalue weighted by molar-refractivity contribution is -0.253. The number of anilines is 3. The number of aliphatic hydroxyl groups is 3. The standard InChI is InChI=1S/3C20H15F4N3O2.3CH4/c3*1-26-10-14(9-25-26)12-6-7-13(16(21)8-12)11-27-17-5-3-2-4-15(17)19(29,18(27)28)20(22,23)24;;;/h3*2-10,29H,11H2,1H3;3*1H4. The Morgan fingerprint density at radius 3 is 0.811 bits per heavy atom. The number of benzene rings is 6. The summed E-state index contributed by atoms with van der Waals surface area (Å²) in [7, 11) is 5.14. The van der Waals surface area contributed by atoms with E-state index in [1.54, 1.807) is 90.6 Å². The third kappa shape index (κ3) is 11.7. The number of amides is 3. The maximum atomic E-state index is 14.7. The van der Waals surface area contributed by atoms with E-state index in [0.717, 1.165) is 32.9 Å². The summed E-state index contributed by atoms with van der Waals surface area (Å²) in [6, 6.07) is 27.9. The number of aromatic nitrogens is 6. The van der Waals surface area contributed by atoms with Crippen molar-refractivity contribution in [1.82, 2.24) is 29.3 Å². The molecule has 6 heterocycles. The number of aryl methyl sites for hydroxylation is 3. The minimum Gasteiger partial charge on any atom is -0.368 e. The first-order chi connectivity index (χ1) is 40.9. The molecule has 0 radical (unpaired) electrons. The van der Waals surface area contributed by atoms with E-state index in [2.05, 4.69) is 15.3 Å². The summed E-state index contributed by atoms with van der Waals surface area (Å²) >= 11 is 0. The zero-order valence-corrected chi connectivity index (χ0v) is 45.3. The van der Waals surface area contributed by atoms with Gasteiger partial charge in [-0.15, -0.1) is 0 Å². The highest BCUT2D eigenvalue weighted by Gasteiger charge is 2.69. The largest absolute Gasteiger partial charge is 0.430 e. The van der Waals surface area contributed by atoms with E-state index in [4.69, 9.17) is 0 Å². The number of hydrogen-bond acceptors (Lipinski definition) is 9. The fraction of sp³-hybridized carbons (Fsp3) is 0.238. The first-order valence-electron chi connectivity index (χ1n) is 25.8. The SMILES string of the molecule is C.C.C.Cn1cc(-c2ccc(CN3C(=O)C(O)(C(F)(F)F)c4ccccc43)c(F)c2)cn1.Cn1cc(-c2ccc(CN3C(=O)C(O)(C(F)(F)F)c4ccccc43)c(F)c2)cn1.Cn1cc(-c2ccc(CN3C(=O)C(O)(C(F)(F)F)c4ccccc43)c(F)c2)cn1. The van der Waals surface area contributed by atoms with E-state index in [9.17, 15) is 82.4 Å². The van der Waals surface area contributed by atoms with Crippen molar-refractivity contribution in [3.8, 4) is 33.4 Å². The van der Waals surface area contributed by atoms with Crippen molar-refractivity contribution >= 4 is 34.8 Å². The van der Waals surface area contributed by atoms with Gasteiger partial charge in [0, 0.05) is 89.8 Å². The molecule has 3 aliphatic heterocycles. The Bertz CT molecular complexity index is 3750. The molecule has 0 aliphatic carbocycles. The Kier molecular flexibility index (Phi) is 18.7. The average molecular weight is 1260 g/mol. The summed E-state index contributed by atoms with van der Waals surface area (Å²) in [6.07, 6.45) is -5.89. The van der Waals surface area contributed by atoms with Crippen LogP contribution in [-0.2, 0) is 72.0 Å². The lowest BCUT2D eigenvalue weighted by Gasteiger charge is -2.25. The number of carbonyl (C=O) groups excluding carboxylic acids is 3. The van der Waals surface area contributed by atoms with Gasteiger partial charge in [-0.2, -0.15) is 54.8 Å². The van der Waals surface area contributed by atoms with Gasteiger partial charge < -0.3 is 30.0 Å². The van der Waals surface area contributed by atoms with Crippen LogP contribution < -0.4 is 14.7 Å². The molecular weight excluding hydrogens is 1210 g/mol. The van der Waals surface area contributed by atoms with Crippen LogP contribution in [-0.4, -0.2) is 80.9 Å². The van der Waals surface area contributed by atoms with Crippen LogP contribution in [0.15, 0.2) is 165 Å². The third-order valence-electron chi connectivity index (χ3n) is 14.9. The van der Waals surface area contributed by atoms with Crippen molar-refractivity contribution in [2.75, 3.05) is 14.7 Å². The lowest BCUT2D eigenvalue weighted by atomic mass is 9.95. The zero-order valence-electron chi connectivity index (χ0n) is 45.3. The van der Waals surface area contributed by atoms with Gasteiger partial charge in [0.1, 0.15) is 17.5 Å². The first kappa shape index (κ1) is 67.9. The van der Waals surface area contributed by atoms with Crippen LogP contribution in [0, 0.1) is 17.5 Å². The van der Waals surface area contributed by atoms with E-state index in [1.807, 2.05) is 0 Å². The molecule has 3 N–H and O–H groups in total. The summed E-state index contributed by atoms with van der Waals surface area (Å²) in [5, 5.41) is 42.8. The van der Waals surface area contributed by atoms with Gasteiger partial charge >= 0.3 is 18.5 Å². The van der Waals surface area contributed by atoms with Crippen molar-refractivity contribution < 1.29 is 82.4 Å². The van der Waals surface area contributed by atoms with E-state index < -0.39 is 107 Å². The molecule has 0 saturated heterocycles. The van der Waals surface area contributed by atoms with Crippen molar-refractivity contribution in [1.29, 1.82) is 0 Å². The van der Waals surface area contributed by atoms with Crippen LogP contribution in [0.3, 0.4) is 0 Å². The fourth-order valence-corrected chi connectivity index (χ4v) is 10.4. The number of para-hydroxylation sites is 3. The molecule has 12 rings (SSSR count). The van der Waals surface area contributed by atoms with Crippen LogP contribution in [0.1, 0.15) is 55.7 Å². The summed E-state index contributed by atoms with van der Waals surface area (Å²) in [4.78, 5) is 39.9. The van der Waals surface area contributed by atoms with E-state index in [-0.39, 0.29) is 56.0 Å². The summed E-state index contributed by atoms with van der Waals surface area (Å²) in [6.45, 7) is -1.35. The Labute approximate surface area is 506 Å². The van der Waals surface area contributed by atoms with Gasteiger partial charge in [-0.05, 0) is 53.1 Å². The highest BCUT2D eigenvalue weighted by atomic mass is 19.4. The van der Waals surface area contributed by atoms with Crippen LogP contribution in [0.2, 0.25) is 0 Å². The van der Waals surface area contributed by atoms with E-state index in [1.165, 1.54) is 91.0 Å².